The minimum atomic E-state index is -3.92. The molecular weight excluding hydrogens is 466 g/mol. The molecule has 0 aliphatic heterocycles. The van der Waals surface area contributed by atoms with E-state index in [2.05, 4.69) is 0 Å². The van der Waals surface area contributed by atoms with Crippen LogP contribution in [0.1, 0.15) is 16.7 Å². The van der Waals surface area contributed by atoms with Gasteiger partial charge in [-0.1, -0.05) is 18.2 Å². The molecular formula is C25H24F2O6S. The zero-order chi connectivity index (χ0) is 24.9. The van der Waals surface area contributed by atoms with Crippen LogP contribution in [-0.4, -0.2) is 36.9 Å². The first-order chi connectivity index (χ1) is 16.2. The van der Waals surface area contributed by atoms with E-state index in [-0.39, 0.29) is 16.2 Å². The van der Waals surface area contributed by atoms with Gasteiger partial charge in [-0.2, -0.15) is 0 Å². The Morgan fingerprint density at radius 2 is 1.35 bits per heavy atom. The van der Waals surface area contributed by atoms with E-state index in [1.807, 2.05) is 0 Å². The maximum Gasteiger partial charge on any atom is 0.203 e. The lowest BCUT2D eigenvalue weighted by Crippen LogP contribution is -2.09. The van der Waals surface area contributed by atoms with Gasteiger partial charge in [0.25, 0.3) is 0 Å². The SMILES string of the molecule is COc1cc(/C=C\c2ccc(F)c(OC)c2CS(=O)(=O)c2ccc(F)cc2)cc(OC)c1OC. The van der Waals surface area contributed by atoms with Gasteiger partial charge in [-0.25, -0.2) is 17.2 Å². The molecule has 0 aliphatic rings. The molecule has 0 heterocycles. The van der Waals surface area contributed by atoms with Crippen LogP contribution in [0.4, 0.5) is 8.78 Å². The number of ether oxygens (including phenoxy) is 4. The van der Waals surface area contributed by atoms with Crippen molar-refractivity contribution in [1.82, 2.24) is 0 Å². The summed E-state index contributed by atoms with van der Waals surface area (Å²) < 4.78 is 74.9. The number of halogens is 2. The molecule has 0 N–H and O–H groups in total. The van der Waals surface area contributed by atoms with Crippen LogP contribution in [0.2, 0.25) is 0 Å². The Balaban J connectivity index is 2.07. The highest BCUT2D eigenvalue weighted by atomic mass is 32.2. The molecule has 0 bridgehead atoms. The molecule has 0 atom stereocenters. The summed E-state index contributed by atoms with van der Waals surface area (Å²) in [7, 11) is 1.83. The second-order valence-corrected chi connectivity index (χ2v) is 9.14. The fourth-order valence-electron chi connectivity index (χ4n) is 3.44. The van der Waals surface area contributed by atoms with Crippen molar-refractivity contribution in [1.29, 1.82) is 0 Å². The Morgan fingerprint density at radius 3 is 1.88 bits per heavy atom. The molecule has 0 aromatic heterocycles. The molecule has 9 heteroatoms. The highest BCUT2D eigenvalue weighted by molar-refractivity contribution is 7.90. The summed E-state index contributed by atoms with van der Waals surface area (Å²) in [5.74, 6) is -0.675. The third-order valence-electron chi connectivity index (χ3n) is 5.10. The van der Waals surface area contributed by atoms with Crippen LogP contribution in [0.25, 0.3) is 12.2 Å². The Morgan fingerprint density at radius 1 is 0.765 bits per heavy atom. The van der Waals surface area contributed by atoms with E-state index >= 15 is 0 Å². The van der Waals surface area contributed by atoms with Gasteiger partial charge in [0.15, 0.2) is 32.9 Å². The van der Waals surface area contributed by atoms with E-state index in [0.717, 1.165) is 12.1 Å². The number of hydrogen-bond acceptors (Lipinski definition) is 6. The smallest absolute Gasteiger partial charge is 0.203 e. The summed E-state index contributed by atoms with van der Waals surface area (Å²) in [6, 6.07) is 10.5. The van der Waals surface area contributed by atoms with Crippen molar-refractivity contribution in [3.8, 4) is 23.0 Å². The maximum absolute atomic E-state index is 14.5. The molecule has 0 radical (unpaired) electrons. The molecule has 0 saturated heterocycles. The fourth-order valence-corrected chi connectivity index (χ4v) is 4.83. The lowest BCUT2D eigenvalue weighted by atomic mass is 10.0. The summed E-state index contributed by atoms with van der Waals surface area (Å²) in [5, 5.41) is 0. The molecule has 6 nitrogen and oxygen atoms in total. The van der Waals surface area contributed by atoms with E-state index in [0.29, 0.717) is 28.4 Å². The van der Waals surface area contributed by atoms with Crippen LogP contribution in [-0.2, 0) is 15.6 Å². The summed E-state index contributed by atoms with van der Waals surface area (Å²) in [6.45, 7) is 0. The van der Waals surface area contributed by atoms with Gasteiger partial charge in [-0.05, 0) is 53.6 Å². The standard InChI is InChI=1S/C25H24F2O6S/c1-30-22-13-16(14-23(31-2)25(22)33-4)5-6-17-7-12-21(27)24(32-3)20(17)15-34(28,29)19-10-8-18(26)9-11-19/h5-14H,15H2,1-4H3/b6-5-. The average Bonchev–Trinajstić information content (AvgIpc) is 2.83. The van der Waals surface area contributed by atoms with Crippen molar-refractivity contribution in [2.45, 2.75) is 10.6 Å². The van der Waals surface area contributed by atoms with Crippen molar-refractivity contribution in [3.05, 3.63) is 76.9 Å². The number of sulfone groups is 1. The zero-order valence-electron chi connectivity index (χ0n) is 19.1. The molecule has 3 aromatic rings. The molecule has 0 amide bonds. The van der Waals surface area contributed by atoms with Crippen LogP contribution in [0.3, 0.4) is 0 Å². The second-order valence-electron chi connectivity index (χ2n) is 7.15. The summed E-state index contributed by atoms with van der Waals surface area (Å²) in [4.78, 5) is -0.0835. The van der Waals surface area contributed by atoms with Crippen LogP contribution in [0.5, 0.6) is 23.0 Å². The summed E-state index contributed by atoms with van der Waals surface area (Å²) >= 11 is 0. The summed E-state index contributed by atoms with van der Waals surface area (Å²) in [5.41, 5.74) is 1.23. The number of methoxy groups -OCH3 is 4. The zero-order valence-corrected chi connectivity index (χ0v) is 19.9. The average molecular weight is 491 g/mol. The van der Waals surface area contributed by atoms with E-state index < -0.39 is 27.2 Å². The van der Waals surface area contributed by atoms with Crippen molar-refractivity contribution in [3.63, 3.8) is 0 Å². The van der Waals surface area contributed by atoms with Gasteiger partial charge in [-0.3, -0.25) is 0 Å². The van der Waals surface area contributed by atoms with Crippen LogP contribution in [0, 0.1) is 11.6 Å². The van der Waals surface area contributed by atoms with Gasteiger partial charge in [0.2, 0.25) is 5.75 Å². The van der Waals surface area contributed by atoms with E-state index in [1.54, 1.807) is 24.3 Å². The minimum Gasteiger partial charge on any atom is -0.493 e. The van der Waals surface area contributed by atoms with Crippen LogP contribution < -0.4 is 18.9 Å². The van der Waals surface area contributed by atoms with Crippen molar-refractivity contribution in [2.24, 2.45) is 0 Å². The van der Waals surface area contributed by atoms with Gasteiger partial charge in [0, 0.05) is 5.56 Å². The molecule has 0 fully saturated rings. The van der Waals surface area contributed by atoms with Crippen molar-refractivity contribution in [2.75, 3.05) is 28.4 Å². The first kappa shape index (κ1) is 25.0. The van der Waals surface area contributed by atoms with E-state index in [9.17, 15) is 17.2 Å². The highest BCUT2D eigenvalue weighted by Gasteiger charge is 2.22. The predicted molar refractivity (Wildman–Crippen MR) is 125 cm³/mol. The Bertz CT molecular complexity index is 1280. The van der Waals surface area contributed by atoms with E-state index in [4.69, 9.17) is 18.9 Å². The Hall–Kier alpha value is -3.59. The molecule has 180 valence electrons. The predicted octanol–water partition coefficient (Wildman–Crippen LogP) is 5.14. The fraction of sp³-hybridized carbons (Fsp3) is 0.200. The second kappa shape index (κ2) is 10.6. The topological polar surface area (TPSA) is 71.1 Å². The first-order valence-electron chi connectivity index (χ1n) is 10.1. The highest BCUT2D eigenvalue weighted by Crippen LogP contribution is 2.39. The monoisotopic (exact) mass is 490 g/mol. The molecule has 0 aliphatic carbocycles. The van der Waals surface area contributed by atoms with Gasteiger partial charge in [0.1, 0.15) is 5.82 Å². The maximum atomic E-state index is 14.5. The minimum absolute atomic E-state index is 0.0835. The molecule has 0 saturated carbocycles. The number of benzene rings is 3. The lowest BCUT2D eigenvalue weighted by Gasteiger charge is -2.14. The van der Waals surface area contributed by atoms with E-state index in [1.165, 1.54) is 52.7 Å². The Kier molecular flexibility index (Phi) is 7.78. The van der Waals surface area contributed by atoms with Gasteiger partial charge < -0.3 is 18.9 Å². The first-order valence-corrected chi connectivity index (χ1v) is 11.7. The number of rotatable bonds is 9. The van der Waals surface area contributed by atoms with Crippen molar-refractivity contribution < 1.29 is 36.1 Å². The molecule has 0 unspecified atom stereocenters. The van der Waals surface area contributed by atoms with Gasteiger partial charge >= 0.3 is 0 Å². The van der Waals surface area contributed by atoms with Gasteiger partial charge in [-0.15, -0.1) is 0 Å². The molecule has 3 aromatic carbocycles. The largest absolute Gasteiger partial charge is 0.493 e. The van der Waals surface area contributed by atoms with Crippen LogP contribution >= 0.6 is 0 Å². The number of hydrogen-bond donors (Lipinski definition) is 0. The van der Waals surface area contributed by atoms with Gasteiger partial charge in [0.05, 0.1) is 39.1 Å². The quantitative estimate of drug-likeness (QED) is 0.305. The van der Waals surface area contributed by atoms with Crippen molar-refractivity contribution >= 4 is 22.0 Å². The Labute approximate surface area is 197 Å². The molecule has 3 rings (SSSR count). The molecule has 34 heavy (non-hydrogen) atoms. The lowest BCUT2D eigenvalue weighted by molar-refractivity contribution is 0.324. The normalized spacial score (nSPS) is 11.5. The summed E-state index contributed by atoms with van der Waals surface area (Å²) in [6.07, 6.45) is 3.34. The van der Waals surface area contributed by atoms with Crippen LogP contribution in [0.15, 0.2) is 53.4 Å². The molecule has 0 spiro atoms. The third kappa shape index (κ3) is 5.31. The third-order valence-corrected chi connectivity index (χ3v) is 6.76.